The molecular formula is C13H26N4O. The first-order valence-electron chi connectivity index (χ1n) is 6.31. The van der Waals surface area contributed by atoms with Crippen molar-refractivity contribution < 1.29 is 6.16 Å². The van der Waals surface area contributed by atoms with Crippen molar-refractivity contribution in [1.82, 2.24) is 9.88 Å². The lowest BCUT2D eigenvalue weighted by Crippen LogP contribution is -2.44. The molecule has 1 aromatic heterocycles. The number of rotatable bonds is 2. The van der Waals surface area contributed by atoms with E-state index in [9.17, 15) is 0 Å². The van der Waals surface area contributed by atoms with Crippen LogP contribution in [0.25, 0.3) is 0 Å². The molecule has 0 bridgehead atoms. The predicted molar refractivity (Wildman–Crippen MR) is 78.0 cm³/mol. The van der Waals surface area contributed by atoms with E-state index in [0.717, 1.165) is 44.3 Å². The molecule has 104 valence electrons. The van der Waals surface area contributed by atoms with Crippen LogP contribution in [0.3, 0.4) is 0 Å². The zero-order valence-electron chi connectivity index (χ0n) is 11.6. The van der Waals surface area contributed by atoms with Crippen molar-refractivity contribution in [2.75, 3.05) is 57.6 Å². The summed E-state index contributed by atoms with van der Waals surface area (Å²) in [5.74, 6) is 1.03. The summed E-state index contributed by atoms with van der Waals surface area (Å²) in [6.07, 6.45) is 1.72. The zero-order valence-corrected chi connectivity index (χ0v) is 11.6. The number of hydrogen-bond acceptors (Lipinski definition) is 5. The quantitative estimate of drug-likeness (QED) is 0.862. The van der Waals surface area contributed by atoms with Crippen LogP contribution in [0.2, 0.25) is 0 Å². The van der Waals surface area contributed by atoms with Crippen LogP contribution in [0.5, 0.6) is 0 Å². The molecule has 2 heterocycles. The molecule has 0 radical (unpaired) electrons. The molecule has 2 N–H and O–H groups in total. The van der Waals surface area contributed by atoms with Crippen LogP contribution in [-0.4, -0.2) is 56.8 Å². The second-order valence-corrected chi connectivity index (χ2v) is 4.32. The second-order valence-electron chi connectivity index (χ2n) is 4.32. The van der Waals surface area contributed by atoms with Gasteiger partial charge in [-0.05, 0) is 26.1 Å². The molecule has 1 saturated heterocycles. The Kier molecular flexibility index (Phi) is 6.46. The summed E-state index contributed by atoms with van der Waals surface area (Å²) >= 11 is 0. The highest BCUT2D eigenvalue weighted by Crippen LogP contribution is 2.13. The van der Waals surface area contributed by atoms with Gasteiger partial charge >= 0.3 is 0 Å². The fraction of sp³-hybridized carbons (Fsp3) is 0.615. The van der Waals surface area contributed by atoms with Gasteiger partial charge in [0.15, 0.2) is 0 Å². The third-order valence-corrected chi connectivity index (χ3v) is 2.89. The molecule has 1 aromatic rings. The van der Waals surface area contributed by atoms with Gasteiger partial charge in [0, 0.05) is 41.3 Å². The molecule has 0 atom stereocenters. The minimum atomic E-state index is 0. The number of methoxy groups -OCH3 is 1. The minimum absolute atomic E-state index is 0. The van der Waals surface area contributed by atoms with E-state index in [1.54, 1.807) is 13.3 Å². The van der Waals surface area contributed by atoms with Crippen LogP contribution >= 0.6 is 0 Å². The molecule has 0 saturated carbocycles. The van der Waals surface area contributed by atoms with Crippen LogP contribution in [0.1, 0.15) is 8.35 Å². The van der Waals surface area contributed by atoms with E-state index in [1.807, 2.05) is 19.1 Å². The van der Waals surface area contributed by atoms with Gasteiger partial charge in [-0.25, -0.2) is 4.98 Å². The number of piperazine rings is 1. The third kappa shape index (κ3) is 4.89. The molecule has 2 rings (SSSR count). The van der Waals surface area contributed by atoms with Gasteiger partial charge in [-0.1, -0.05) is 0 Å². The fourth-order valence-electron chi connectivity index (χ4n) is 1.62. The summed E-state index contributed by atoms with van der Waals surface area (Å²) in [4.78, 5) is 8.93. The number of ether oxygens (including phenoxy) is 1. The van der Waals surface area contributed by atoms with Crippen molar-refractivity contribution in [3.8, 4) is 0 Å². The van der Waals surface area contributed by atoms with Crippen LogP contribution in [0.4, 0.5) is 11.5 Å². The van der Waals surface area contributed by atoms with Crippen LogP contribution in [-0.2, 0) is 4.74 Å². The number of likely N-dealkylation sites (N-methyl/N-ethyl adjacent to an activating group) is 1. The van der Waals surface area contributed by atoms with Gasteiger partial charge in [0.05, 0.1) is 11.9 Å². The molecule has 5 nitrogen and oxygen atoms in total. The van der Waals surface area contributed by atoms with E-state index in [1.165, 1.54) is 0 Å². The first-order valence-corrected chi connectivity index (χ1v) is 6.31. The molecule has 0 amide bonds. The van der Waals surface area contributed by atoms with E-state index in [4.69, 9.17) is 5.73 Å². The van der Waals surface area contributed by atoms with Crippen molar-refractivity contribution in [3.63, 3.8) is 0 Å². The Labute approximate surface area is 111 Å². The number of aromatic nitrogens is 1. The molecule has 0 spiro atoms. The molecule has 0 unspecified atom stereocenters. The maximum atomic E-state index is 5.59. The van der Waals surface area contributed by atoms with Gasteiger partial charge in [-0.15, -0.1) is 0 Å². The summed E-state index contributed by atoms with van der Waals surface area (Å²) in [6, 6.07) is 3.89. The average Bonchev–Trinajstić information content (AvgIpc) is 2.41. The maximum absolute atomic E-state index is 5.59. The summed E-state index contributed by atoms with van der Waals surface area (Å²) in [5.41, 5.74) is 6.31. The summed E-state index contributed by atoms with van der Waals surface area (Å²) < 4.78 is 4.54. The van der Waals surface area contributed by atoms with Crippen LogP contribution < -0.4 is 10.6 Å². The normalized spacial score (nSPS) is 16.1. The van der Waals surface area contributed by atoms with Crippen LogP contribution in [0.15, 0.2) is 18.3 Å². The molecule has 1 aliphatic heterocycles. The number of nitrogens with two attached hydrogens (primary N) is 1. The Balaban J connectivity index is 0.000000576. The monoisotopic (exact) mass is 254 g/mol. The lowest BCUT2D eigenvalue weighted by Gasteiger charge is -2.33. The van der Waals surface area contributed by atoms with Gasteiger partial charge < -0.3 is 20.3 Å². The highest BCUT2D eigenvalue weighted by molar-refractivity contribution is 5.45. The van der Waals surface area contributed by atoms with Crippen LogP contribution in [0, 0.1) is 0 Å². The van der Waals surface area contributed by atoms with Crippen molar-refractivity contribution >= 4 is 11.5 Å². The Morgan fingerprint density at radius 1 is 1.33 bits per heavy atom. The van der Waals surface area contributed by atoms with Gasteiger partial charge in [0.2, 0.25) is 0 Å². The third-order valence-electron chi connectivity index (χ3n) is 2.89. The Bertz CT molecular complexity index is 324. The van der Waals surface area contributed by atoms with E-state index in [0.29, 0.717) is 0 Å². The SMILES string of the molecule is CCOC.CN1CCN(c2ccc(N)cn2)CC1.[HH]. The molecule has 5 heteroatoms. The maximum Gasteiger partial charge on any atom is 0.128 e. The highest BCUT2D eigenvalue weighted by atomic mass is 16.5. The number of nitrogen functional groups attached to an aromatic ring is 1. The average molecular weight is 254 g/mol. The minimum Gasteiger partial charge on any atom is -0.397 e. The predicted octanol–water partition coefficient (Wildman–Crippen LogP) is 1.31. The Morgan fingerprint density at radius 3 is 2.39 bits per heavy atom. The van der Waals surface area contributed by atoms with Gasteiger partial charge in [0.1, 0.15) is 5.82 Å². The lowest BCUT2D eigenvalue weighted by molar-refractivity contribution is 0.215. The molecule has 0 aromatic carbocycles. The number of pyridine rings is 1. The summed E-state index contributed by atoms with van der Waals surface area (Å²) in [7, 11) is 3.83. The second kappa shape index (κ2) is 7.89. The van der Waals surface area contributed by atoms with Crippen molar-refractivity contribution in [2.24, 2.45) is 0 Å². The smallest absolute Gasteiger partial charge is 0.128 e. The van der Waals surface area contributed by atoms with Gasteiger partial charge in [0.25, 0.3) is 0 Å². The molecule has 0 aliphatic carbocycles. The van der Waals surface area contributed by atoms with Crippen molar-refractivity contribution in [1.29, 1.82) is 0 Å². The molecule has 1 fully saturated rings. The van der Waals surface area contributed by atoms with Crippen molar-refractivity contribution in [3.05, 3.63) is 18.3 Å². The van der Waals surface area contributed by atoms with Crippen molar-refractivity contribution in [2.45, 2.75) is 6.92 Å². The summed E-state index contributed by atoms with van der Waals surface area (Å²) in [5, 5.41) is 0. The highest BCUT2D eigenvalue weighted by Gasteiger charge is 2.14. The standard InChI is InChI=1S/C10H16N4.C3H8O.H2/c1-13-4-6-14(7-5-13)10-3-2-9(11)8-12-10;1-3-4-2;/h2-3,8H,4-7,11H2,1H3;3H2,1-2H3;1H. The van der Waals surface area contributed by atoms with Gasteiger partial charge in [-0.2, -0.15) is 0 Å². The molecule has 1 aliphatic rings. The Hall–Kier alpha value is -1.33. The van der Waals surface area contributed by atoms with Gasteiger partial charge in [-0.3, -0.25) is 0 Å². The largest absolute Gasteiger partial charge is 0.397 e. The Morgan fingerprint density at radius 2 is 1.94 bits per heavy atom. The number of nitrogens with zero attached hydrogens (tertiary/aromatic N) is 3. The number of hydrogen-bond donors (Lipinski definition) is 1. The lowest BCUT2D eigenvalue weighted by atomic mass is 10.3. The van der Waals surface area contributed by atoms with E-state index in [2.05, 4.69) is 26.6 Å². The number of anilines is 2. The topological polar surface area (TPSA) is 54.6 Å². The fourth-order valence-corrected chi connectivity index (χ4v) is 1.62. The summed E-state index contributed by atoms with van der Waals surface area (Å²) in [6.45, 7) is 7.08. The van der Waals surface area contributed by atoms with E-state index >= 15 is 0 Å². The molecular weight excluding hydrogens is 228 g/mol. The first kappa shape index (κ1) is 14.7. The van der Waals surface area contributed by atoms with E-state index in [-0.39, 0.29) is 1.43 Å². The first-order chi connectivity index (χ1) is 8.67. The molecule has 18 heavy (non-hydrogen) atoms. The van der Waals surface area contributed by atoms with E-state index < -0.39 is 0 Å². The zero-order chi connectivity index (χ0) is 13.4.